The third kappa shape index (κ3) is 3.82. The summed E-state index contributed by atoms with van der Waals surface area (Å²) >= 11 is 7.25. The molecule has 0 aromatic heterocycles. The molecule has 2 aliphatic carbocycles. The summed E-state index contributed by atoms with van der Waals surface area (Å²) in [5.41, 5.74) is 0.0319. The smallest absolute Gasteiger partial charge is 0.308 e. The van der Waals surface area contributed by atoms with Gasteiger partial charge in [0.25, 0.3) is 5.69 Å². The fraction of sp³-hybridized carbons (Fsp3) is 0.500. The number of Topliss-reactive ketones (excluding diaryl/α,β-unsaturated/α-hetero) is 1. The van der Waals surface area contributed by atoms with Crippen molar-refractivity contribution >= 4 is 61.1 Å². The molecule has 2 amide bonds. The summed E-state index contributed by atoms with van der Waals surface area (Å²) < 4.78 is 4.96. The summed E-state index contributed by atoms with van der Waals surface area (Å²) in [5.74, 6) is -2.14. The van der Waals surface area contributed by atoms with E-state index >= 15 is 0 Å². The van der Waals surface area contributed by atoms with E-state index in [2.05, 4.69) is 31.9 Å². The first-order valence-corrected chi connectivity index (χ1v) is 11.6. The van der Waals surface area contributed by atoms with Gasteiger partial charge in [0.1, 0.15) is 0 Å². The zero-order valence-electron chi connectivity index (χ0n) is 16.1. The van der Waals surface area contributed by atoms with E-state index in [1.807, 2.05) is 0 Å². The Morgan fingerprint density at radius 1 is 1.06 bits per heavy atom. The average Bonchev–Trinajstić information content (AvgIpc) is 3.35. The van der Waals surface area contributed by atoms with Crippen LogP contribution in [-0.4, -0.2) is 56.2 Å². The summed E-state index contributed by atoms with van der Waals surface area (Å²) in [6, 6.07) is 4.96. The standard InChI is InChI=1S/C20H18Br2N2O7/c21-17-11-7-12(18(17)22)16-15(11)19(27)23(20(16)28)6-5-14(26)31-8-13(25)9-1-3-10(4-2-9)24(29)30/h1-4,11-12,15-18H,5-8H2/t11-,12-,15-,16-,17-,18+/m1/s1. The zero-order valence-corrected chi connectivity index (χ0v) is 19.3. The van der Waals surface area contributed by atoms with Gasteiger partial charge in [0.05, 0.1) is 23.2 Å². The van der Waals surface area contributed by atoms with Gasteiger partial charge in [-0.2, -0.15) is 0 Å². The lowest BCUT2D eigenvalue weighted by Gasteiger charge is -2.28. The van der Waals surface area contributed by atoms with Crippen molar-refractivity contribution in [1.29, 1.82) is 0 Å². The van der Waals surface area contributed by atoms with Gasteiger partial charge in [-0.25, -0.2) is 0 Å². The number of carbonyl (C=O) groups excluding carboxylic acids is 4. The number of fused-ring (bicyclic) bond motifs is 5. The van der Waals surface area contributed by atoms with E-state index < -0.39 is 23.3 Å². The molecule has 6 atom stereocenters. The number of esters is 1. The minimum atomic E-state index is -0.701. The summed E-state index contributed by atoms with van der Waals surface area (Å²) in [6.07, 6.45) is 0.633. The molecule has 0 N–H and O–H groups in total. The predicted octanol–water partition coefficient (Wildman–Crippen LogP) is 2.49. The van der Waals surface area contributed by atoms with E-state index in [1.54, 1.807) is 0 Å². The molecule has 1 aromatic rings. The van der Waals surface area contributed by atoms with E-state index in [4.69, 9.17) is 4.74 Å². The highest BCUT2D eigenvalue weighted by atomic mass is 79.9. The van der Waals surface area contributed by atoms with Crippen LogP contribution in [-0.2, 0) is 19.1 Å². The van der Waals surface area contributed by atoms with E-state index in [-0.39, 0.29) is 69.4 Å². The number of ketones is 1. The van der Waals surface area contributed by atoms with Crippen molar-refractivity contribution in [2.45, 2.75) is 22.5 Å². The first kappa shape index (κ1) is 22.1. The fourth-order valence-corrected chi connectivity index (χ4v) is 6.78. The number of nitro benzene ring substituents is 1. The largest absolute Gasteiger partial charge is 0.457 e. The second kappa shape index (κ2) is 8.42. The maximum Gasteiger partial charge on any atom is 0.308 e. The van der Waals surface area contributed by atoms with Crippen LogP contribution in [0.1, 0.15) is 23.2 Å². The molecule has 3 fully saturated rings. The fourth-order valence-electron chi connectivity index (χ4n) is 4.90. The molecular formula is C20H18Br2N2O7. The van der Waals surface area contributed by atoms with Crippen LogP contribution in [0.4, 0.5) is 5.69 Å². The molecule has 9 nitrogen and oxygen atoms in total. The van der Waals surface area contributed by atoms with Gasteiger partial charge >= 0.3 is 5.97 Å². The number of non-ortho nitro benzene ring substituents is 1. The Morgan fingerprint density at radius 3 is 2.13 bits per heavy atom. The lowest BCUT2D eigenvalue weighted by Crippen LogP contribution is -2.37. The number of nitro groups is 1. The average molecular weight is 558 g/mol. The minimum Gasteiger partial charge on any atom is -0.457 e. The van der Waals surface area contributed by atoms with Gasteiger partial charge in [-0.1, -0.05) is 31.9 Å². The topological polar surface area (TPSA) is 124 Å². The number of benzene rings is 1. The molecular weight excluding hydrogens is 540 g/mol. The molecule has 31 heavy (non-hydrogen) atoms. The lowest BCUT2D eigenvalue weighted by molar-refractivity contribution is -0.384. The maximum atomic E-state index is 12.8. The van der Waals surface area contributed by atoms with Crippen molar-refractivity contribution in [3.63, 3.8) is 0 Å². The quantitative estimate of drug-likeness (QED) is 0.126. The molecule has 1 heterocycles. The number of hydrogen-bond acceptors (Lipinski definition) is 7. The number of likely N-dealkylation sites (tertiary alicyclic amines) is 1. The van der Waals surface area contributed by atoms with Crippen LogP contribution in [0.15, 0.2) is 24.3 Å². The molecule has 0 unspecified atom stereocenters. The highest BCUT2D eigenvalue weighted by Gasteiger charge is 2.66. The molecule has 1 aliphatic heterocycles. The molecule has 2 bridgehead atoms. The van der Waals surface area contributed by atoms with Crippen molar-refractivity contribution in [2.75, 3.05) is 13.2 Å². The molecule has 1 saturated heterocycles. The van der Waals surface area contributed by atoms with E-state index in [9.17, 15) is 29.3 Å². The van der Waals surface area contributed by atoms with E-state index in [0.29, 0.717) is 0 Å². The van der Waals surface area contributed by atoms with Crippen molar-refractivity contribution in [3.8, 4) is 0 Å². The van der Waals surface area contributed by atoms with Gasteiger partial charge in [-0.3, -0.25) is 34.2 Å². The minimum absolute atomic E-state index is 0.0748. The van der Waals surface area contributed by atoms with Gasteiger partial charge < -0.3 is 4.74 Å². The van der Waals surface area contributed by atoms with Crippen LogP contribution in [0.5, 0.6) is 0 Å². The van der Waals surface area contributed by atoms with Crippen LogP contribution >= 0.6 is 31.9 Å². The number of hydrogen-bond donors (Lipinski definition) is 0. The lowest BCUT2D eigenvalue weighted by atomic mass is 9.81. The first-order valence-electron chi connectivity index (χ1n) is 9.77. The number of alkyl halides is 2. The summed E-state index contributed by atoms with van der Waals surface area (Å²) in [7, 11) is 0. The molecule has 0 radical (unpaired) electrons. The molecule has 2 saturated carbocycles. The van der Waals surface area contributed by atoms with Gasteiger partial charge in [0.15, 0.2) is 12.4 Å². The predicted molar refractivity (Wildman–Crippen MR) is 114 cm³/mol. The Hall–Kier alpha value is -2.14. The Balaban J connectivity index is 1.28. The van der Waals surface area contributed by atoms with Crippen LogP contribution in [0.2, 0.25) is 0 Å². The number of amides is 2. The van der Waals surface area contributed by atoms with Crippen LogP contribution in [0.25, 0.3) is 0 Å². The molecule has 3 aliphatic rings. The Labute approximate surface area is 193 Å². The normalized spacial score (nSPS) is 31.1. The SMILES string of the molecule is O=C(CCN1C(=O)[C@@H]2[C@H]3C[C@@H]([C@@H](Br)[C@H]3Br)[C@H]2C1=O)OCC(=O)c1ccc([N+](=O)[O-])cc1. The van der Waals surface area contributed by atoms with Gasteiger partial charge in [-0.05, 0) is 30.4 Å². The number of carbonyl (C=O) groups is 4. The second-order valence-corrected chi connectivity index (χ2v) is 10.1. The summed E-state index contributed by atoms with van der Waals surface area (Å²) in [4.78, 5) is 61.3. The van der Waals surface area contributed by atoms with Crippen LogP contribution < -0.4 is 0 Å². The van der Waals surface area contributed by atoms with Crippen molar-refractivity contribution in [3.05, 3.63) is 39.9 Å². The third-order valence-electron chi connectivity index (χ3n) is 6.38. The third-order valence-corrected chi connectivity index (χ3v) is 9.59. The number of nitrogens with zero attached hydrogens (tertiary/aromatic N) is 2. The van der Waals surface area contributed by atoms with E-state index in [1.165, 1.54) is 24.3 Å². The Bertz CT molecular complexity index is 935. The molecule has 1 aromatic carbocycles. The summed E-state index contributed by atoms with van der Waals surface area (Å²) in [5, 5.41) is 10.7. The van der Waals surface area contributed by atoms with E-state index in [0.717, 1.165) is 11.3 Å². The second-order valence-electron chi connectivity index (χ2n) is 7.97. The summed E-state index contributed by atoms with van der Waals surface area (Å²) in [6.45, 7) is -0.598. The zero-order chi connectivity index (χ0) is 22.4. The Kier molecular flexibility index (Phi) is 5.99. The number of rotatable bonds is 7. The van der Waals surface area contributed by atoms with Crippen LogP contribution in [0, 0.1) is 33.8 Å². The molecule has 0 spiro atoms. The van der Waals surface area contributed by atoms with Crippen molar-refractivity contribution in [1.82, 2.24) is 4.90 Å². The highest BCUT2D eigenvalue weighted by molar-refractivity contribution is 9.12. The maximum absolute atomic E-state index is 12.8. The molecule has 4 rings (SSSR count). The molecule has 164 valence electrons. The monoisotopic (exact) mass is 556 g/mol. The Morgan fingerprint density at radius 2 is 1.61 bits per heavy atom. The molecule has 11 heteroatoms. The first-order chi connectivity index (χ1) is 14.7. The highest BCUT2D eigenvalue weighted by Crippen LogP contribution is 2.60. The van der Waals surface area contributed by atoms with Gasteiger partial charge in [0, 0.05) is 33.9 Å². The number of ether oxygens (including phenoxy) is 1. The van der Waals surface area contributed by atoms with Crippen molar-refractivity contribution in [2.24, 2.45) is 23.7 Å². The van der Waals surface area contributed by atoms with Gasteiger partial charge in [0.2, 0.25) is 11.8 Å². The van der Waals surface area contributed by atoms with Gasteiger partial charge in [-0.15, -0.1) is 0 Å². The van der Waals surface area contributed by atoms with Crippen molar-refractivity contribution < 1.29 is 28.8 Å². The number of imide groups is 1. The van der Waals surface area contributed by atoms with Crippen LogP contribution in [0.3, 0.4) is 0 Å². The number of halogens is 2.